The van der Waals surface area contributed by atoms with Gasteiger partial charge in [0.05, 0.1) is 18.5 Å². The summed E-state index contributed by atoms with van der Waals surface area (Å²) in [5.41, 5.74) is 11.1. The van der Waals surface area contributed by atoms with Crippen LogP contribution in [0, 0.1) is 0 Å². The number of amides is 1. The van der Waals surface area contributed by atoms with Gasteiger partial charge < -0.3 is 15.8 Å². The first-order valence-corrected chi connectivity index (χ1v) is 11.6. The van der Waals surface area contributed by atoms with Crippen LogP contribution < -0.4 is 15.8 Å². The van der Waals surface area contributed by atoms with Gasteiger partial charge in [0.2, 0.25) is 0 Å². The first-order chi connectivity index (χ1) is 15.5. The van der Waals surface area contributed by atoms with Crippen molar-refractivity contribution < 1.29 is 9.53 Å². The number of hydrogen-bond acceptors (Lipinski definition) is 5. The number of carbonyl (C=O) groups is 1. The number of ether oxygens (including phenoxy) is 1. The summed E-state index contributed by atoms with van der Waals surface area (Å²) >= 11 is 7.34. The van der Waals surface area contributed by atoms with E-state index >= 15 is 0 Å². The summed E-state index contributed by atoms with van der Waals surface area (Å²) in [6.07, 6.45) is 2.92. The third kappa shape index (κ3) is 3.80. The van der Waals surface area contributed by atoms with E-state index in [0.29, 0.717) is 32.9 Å². The number of rotatable bonds is 4. The highest BCUT2D eigenvalue weighted by Crippen LogP contribution is 2.39. The Kier molecular flexibility index (Phi) is 5.49. The smallest absolute Gasteiger partial charge is 0.268 e. The van der Waals surface area contributed by atoms with Crippen LogP contribution in [0.25, 0.3) is 10.2 Å². The second kappa shape index (κ2) is 8.45. The SMILES string of the molecule is COc1cc(Cl)ccc1NC(=O)c1sc2nc3c(cc2c1N)CC(c1ccccc1)CC3. The molecule has 5 rings (SSSR count). The number of aromatic nitrogens is 1. The monoisotopic (exact) mass is 463 g/mol. The van der Waals surface area contributed by atoms with Crippen LogP contribution in [-0.4, -0.2) is 18.0 Å². The zero-order valence-corrected chi connectivity index (χ0v) is 19.1. The summed E-state index contributed by atoms with van der Waals surface area (Å²) in [6.45, 7) is 0. The molecular formula is C25H22ClN3O2S. The molecule has 5 nitrogen and oxygen atoms in total. The number of methoxy groups -OCH3 is 1. The predicted octanol–water partition coefficient (Wildman–Crippen LogP) is 6.07. The summed E-state index contributed by atoms with van der Waals surface area (Å²) in [6, 6.07) is 17.8. The lowest BCUT2D eigenvalue weighted by Gasteiger charge is -2.24. The maximum Gasteiger partial charge on any atom is 0.268 e. The molecule has 0 saturated heterocycles. The Balaban J connectivity index is 1.45. The van der Waals surface area contributed by atoms with Crippen molar-refractivity contribution in [1.82, 2.24) is 4.98 Å². The third-order valence-corrected chi connectivity index (χ3v) is 7.32. The molecule has 3 N–H and O–H groups in total. The lowest BCUT2D eigenvalue weighted by Crippen LogP contribution is -2.14. The quantitative estimate of drug-likeness (QED) is 0.385. The van der Waals surface area contributed by atoms with E-state index < -0.39 is 0 Å². The van der Waals surface area contributed by atoms with Crippen LogP contribution in [0.15, 0.2) is 54.6 Å². The number of carbonyl (C=O) groups excluding carboxylic acids is 1. The number of anilines is 2. The van der Waals surface area contributed by atoms with Crippen molar-refractivity contribution >= 4 is 50.4 Å². The van der Waals surface area contributed by atoms with E-state index in [-0.39, 0.29) is 5.91 Å². The normalized spacial score (nSPS) is 15.4. The Morgan fingerprint density at radius 2 is 2.03 bits per heavy atom. The topological polar surface area (TPSA) is 77.2 Å². The number of nitrogens with one attached hydrogen (secondary N) is 1. The van der Waals surface area contributed by atoms with Crippen LogP contribution in [0.2, 0.25) is 5.02 Å². The molecular weight excluding hydrogens is 442 g/mol. The number of hydrogen-bond donors (Lipinski definition) is 2. The third-order valence-electron chi connectivity index (χ3n) is 5.97. The lowest BCUT2D eigenvalue weighted by atomic mass is 9.82. The van der Waals surface area contributed by atoms with E-state index in [1.807, 2.05) is 6.07 Å². The molecule has 2 aromatic heterocycles. The van der Waals surface area contributed by atoms with Crippen molar-refractivity contribution in [1.29, 1.82) is 0 Å². The standard InChI is InChI=1S/C25H22ClN3O2S/c1-31-21-13-17(26)8-10-20(21)28-24(30)23-22(27)18-12-16-11-15(14-5-3-2-4-6-14)7-9-19(16)29-25(18)32-23/h2-6,8,10,12-13,15H,7,9,11,27H2,1H3,(H,28,30). The van der Waals surface area contributed by atoms with Gasteiger partial charge in [0.25, 0.3) is 5.91 Å². The largest absolute Gasteiger partial charge is 0.495 e. The van der Waals surface area contributed by atoms with E-state index in [2.05, 4.69) is 35.6 Å². The summed E-state index contributed by atoms with van der Waals surface area (Å²) in [5, 5.41) is 4.26. The molecule has 0 fully saturated rings. The number of halogens is 1. The number of aryl methyl sites for hydroxylation is 1. The van der Waals surface area contributed by atoms with Crippen LogP contribution >= 0.6 is 22.9 Å². The van der Waals surface area contributed by atoms with Gasteiger partial charge in [-0.3, -0.25) is 4.79 Å². The molecule has 1 amide bonds. The fourth-order valence-electron chi connectivity index (χ4n) is 4.32. The first kappa shape index (κ1) is 20.8. The highest BCUT2D eigenvalue weighted by molar-refractivity contribution is 7.21. The van der Waals surface area contributed by atoms with Crippen molar-refractivity contribution in [2.24, 2.45) is 0 Å². The zero-order valence-electron chi connectivity index (χ0n) is 17.5. The van der Waals surface area contributed by atoms with Crippen molar-refractivity contribution in [2.75, 3.05) is 18.2 Å². The van der Waals surface area contributed by atoms with Crippen LogP contribution in [0.3, 0.4) is 0 Å². The summed E-state index contributed by atoms with van der Waals surface area (Å²) in [5.74, 6) is 0.681. The number of nitrogens with two attached hydrogens (primary N) is 1. The Morgan fingerprint density at radius 1 is 1.22 bits per heavy atom. The Bertz CT molecular complexity index is 1320. The van der Waals surface area contributed by atoms with Gasteiger partial charge in [0.1, 0.15) is 15.5 Å². The van der Waals surface area contributed by atoms with Gasteiger partial charge in [-0.05, 0) is 54.5 Å². The van der Waals surface area contributed by atoms with E-state index in [9.17, 15) is 4.79 Å². The molecule has 7 heteroatoms. The molecule has 2 aromatic carbocycles. The molecule has 0 spiro atoms. The second-order valence-corrected chi connectivity index (χ2v) is 9.38. The second-order valence-electron chi connectivity index (χ2n) is 7.94. The Morgan fingerprint density at radius 3 is 2.81 bits per heavy atom. The predicted molar refractivity (Wildman–Crippen MR) is 131 cm³/mol. The number of thiophene rings is 1. The molecule has 4 aromatic rings. The van der Waals surface area contributed by atoms with Crippen molar-refractivity contribution in [2.45, 2.75) is 25.2 Å². The Labute approximate surface area is 195 Å². The number of nitrogen functional groups attached to an aromatic ring is 1. The minimum absolute atomic E-state index is 0.286. The van der Waals surface area contributed by atoms with Gasteiger partial charge in [0.15, 0.2) is 0 Å². The molecule has 1 aliphatic rings. The fraction of sp³-hybridized carbons (Fsp3) is 0.200. The first-order valence-electron chi connectivity index (χ1n) is 10.4. The molecule has 32 heavy (non-hydrogen) atoms. The molecule has 0 saturated carbocycles. The van der Waals surface area contributed by atoms with Crippen LogP contribution in [-0.2, 0) is 12.8 Å². The lowest BCUT2D eigenvalue weighted by molar-refractivity contribution is 0.103. The summed E-state index contributed by atoms with van der Waals surface area (Å²) in [7, 11) is 1.53. The maximum absolute atomic E-state index is 13.0. The van der Waals surface area contributed by atoms with E-state index in [1.54, 1.807) is 18.2 Å². The maximum atomic E-state index is 13.0. The average molecular weight is 464 g/mol. The number of fused-ring (bicyclic) bond motifs is 2. The molecule has 0 aliphatic heterocycles. The van der Waals surface area contributed by atoms with Gasteiger partial charge in [-0.1, -0.05) is 41.9 Å². The summed E-state index contributed by atoms with van der Waals surface area (Å²) < 4.78 is 5.33. The van der Waals surface area contributed by atoms with Gasteiger partial charge in [-0.2, -0.15) is 0 Å². The van der Waals surface area contributed by atoms with Gasteiger partial charge in [-0.25, -0.2) is 4.98 Å². The molecule has 1 aliphatic carbocycles. The molecule has 162 valence electrons. The zero-order chi connectivity index (χ0) is 22.2. The van der Waals surface area contributed by atoms with Crippen molar-refractivity contribution in [3.63, 3.8) is 0 Å². The minimum Gasteiger partial charge on any atom is -0.495 e. The van der Waals surface area contributed by atoms with Crippen LogP contribution in [0.5, 0.6) is 5.75 Å². The van der Waals surface area contributed by atoms with E-state index in [4.69, 9.17) is 27.1 Å². The van der Waals surface area contributed by atoms with Gasteiger partial charge >= 0.3 is 0 Å². The number of nitrogens with zero attached hydrogens (tertiary/aromatic N) is 1. The van der Waals surface area contributed by atoms with Crippen molar-refractivity contribution in [3.8, 4) is 5.75 Å². The van der Waals surface area contributed by atoms with Crippen LogP contribution in [0.4, 0.5) is 11.4 Å². The van der Waals surface area contributed by atoms with Crippen molar-refractivity contribution in [3.05, 3.63) is 81.3 Å². The van der Waals surface area contributed by atoms with Gasteiger partial charge in [0, 0.05) is 22.2 Å². The molecule has 1 atom stereocenters. The average Bonchev–Trinajstić information content (AvgIpc) is 3.14. The number of pyridine rings is 1. The summed E-state index contributed by atoms with van der Waals surface area (Å²) in [4.78, 5) is 19.1. The molecule has 2 heterocycles. The molecule has 0 bridgehead atoms. The van der Waals surface area contributed by atoms with Crippen LogP contribution in [0.1, 0.15) is 38.8 Å². The molecule has 0 radical (unpaired) electrons. The minimum atomic E-state index is -0.286. The number of benzene rings is 2. The Hall–Kier alpha value is -3.09. The molecule has 1 unspecified atom stereocenters. The van der Waals surface area contributed by atoms with Gasteiger partial charge in [-0.15, -0.1) is 11.3 Å². The van der Waals surface area contributed by atoms with E-state index in [0.717, 1.165) is 35.2 Å². The highest BCUT2D eigenvalue weighted by atomic mass is 35.5. The highest BCUT2D eigenvalue weighted by Gasteiger charge is 2.25. The van der Waals surface area contributed by atoms with E-state index in [1.165, 1.54) is 29.6 Å². The fourth-order valence-corrected chi connectivity index (χ4v) is 5.47.